The Labute approximate surface area is 109 Å². The number of nitriles is 1. The maximum atomic E-state index is 8.69. The quantitative estimate of drug-likeness (QED) is 0.879. The van der Waals surface area contributed by atoms with Crippen LogP contribution in [0.15, 0.2) is 18.3 Å². The molecule has 1 heterocycles. The minimum absolute atomic E-state index is 0.613. The van der Waals surface area contributed by atoms with Gasteiger partial charge in [-0.05, 0) is 30.4 Å². The van der Waals surface area contributed by atoms with E-state index in [9.17, 15) is 0 Å². The molecule has 0 atom stereocenters. The van der Waals surface area contributed by atoms with E-state index < -0.39 is 0 Å². The van der Waals surface area contributed by atoms with Gasteiger partial charge < -0.3 is 5.32 Å². The normalized spacial score (nSPS) is 23.3. The summed E-state index contributed by atoms with van der Waals surface area (Å²) in [7, 11) is 0. The van der Waals surface area contributed by atoms with Gasteiger partial charge in [-0.2, -0.15) is 5.26 Å². The molecule has 3 heteroatoms. The number of anilines is 1. The summed E-state index contributed by atoms with van der Waals surface area (Å²) < 4.78 is 0. The molecule has 0 aromatic carbocycles. The van der Waals surface area contributed by atoms with E-state index >= 15 is 0 Å². The highest BCUT2D eigenvalue weighted by atomic mass is 15.0. The minimum Gasteiger partial charge on any atom is -0.370 e. The van der Waals surface area contributed by atoms with Gasteiger partial charge in [0.2, 0.25) is 0 Å². The Morgan fingerprint density at radius 3 is 2.72 bits per heavy atom. The van der Waals surface area contributed by atoms with Gasteiger partial charge >= 0.3 is 0 Å². The van der Waals surface area contributed by atoms with Crippen LogP contribution in [-0.2, 0) is 0 Å². The molecule has 0 spiro atoms. The minimum atomic E-state index is 0.613. The number of nitrogens with one attached hydrogen (secondary N) is 1. The van der Waals surface area contributed by atoms with Gasteiger partial charge in [-0.25, -0.2) is 4.98 Å². The van der Waals surface area contributed by atoms with E-state index in [1.807, 2.05) is 6.07 Å². The molecule has 0 amide bonds. The molecule has 1 fully saturated rings. The fourth-order valence-electron chi connectivity index (χ4n) is 2.59. The first-order valence-corrected chi connectivity index (χ1v) is 6.88. The molecular formula is C15H21N3. The molecule has 1 saturated carbocycles. The summed E-state index contributed by atoms with van der Waals surface area (Å²) in [6.07, 6.45) is 8.38. The Morgan fingerprint density at radius 2 is 2.11 bits per heavy atom. The zero-order chi connectivity index (χ0) is 12.8. The van der Waals surface area contributed by atoms with Crippen LogP contribution < -0.4 is 5.32 Å². The highest BCUT2D eigenvalue weighted by molar-refractivity contribution is 5.38. The Balaban J connectivity index is 1.70. The smallest absolute Gasteiger partial charge is 0.125 e. The van der Waals surface area contributed by atoms with Crippen LogP contribution in [0.4, 0.5) is 5.82 Å². The molecule has 0 aliphatic heterocycles. The van der Waals surface area contributed by atoms with Crippen LogP contribution in [0.25, 0.3) is 0 Å². The maximum Gasteiger partial charge on any atom is 0.125 e. The fourth-order valence-corrected chi connectivity index (χ4v) is 2.59. The molecular weight excluding hydrogens is 222 g/mol. The molecule has 0 bridgehead atoms. The Morgan fingerprint density at radius 1 is 1.33 bits per heavy atom. The van der Waals surface area contributed by atoms with Crippen molar-refractivity contribution in [1.29, 1.82) is 5.26 Å². The molecule has 1 aliphatic carbocycles. The van der Waals surface area contributed by atoms with Crippen molar-refractivity contribution in [2.75, 3.05) is 11.9 Å². The van der Waals surface area contributed by atoms with Crippen molar-refractivity contribution in [3.63, 3.8) is 0 Å². The van der Waals surface area contributed by atoms with Gasteiger partial charge in [0.15, 0.2) is 0 Å². The van der Waals surface area contributed by atoms with E-state index in [2.05, 4.69) is 23.3 Å². The first kappa shape index (κ1) is 12.9. The summed E-state index contributed by atoms with van der Waals surface area (Å²) in [6.45, 7) is 3.34. The molecule has 96 valence electrons. The summed E-state index contributed by atoms with van der Waals surface area (Å²) >= 11 is 0. The first-order chi connectivity index (χ1) is 8.78. The Bertz CT molecular complexity index is 397. The molecule has 0 radical (unpaired) electrons. The molecule has 1 N–H and O–H groups in total. The second-order valence-electron chi connectivity index (χ2n) is 5.39. The second kappa shape index (κ2) is 6.39. The van der Waals surface area contributed by atoms with Gasteiger partial charge in [-0.1, -0.05) is 32.6 Å². The summed E-state index contributed by atoms with van der Waals surface area (Å²) in [5.41, 5.74) is 0.613. The van der Waals surface area contributed by atoms with Gasteiger partial charge in [-0.15, -0.1) is 0 Å². The van der Waals surface area contributed by atoms with Crippen molar-refractivity contribution in [2.24, 2.45) is 11.8 Å². The van der Waals surface area contributed by atoms with E-state index in [-0.39, 0.29) is 0 Å². The van der Waals surface area contributed by atoms with Gasteiger partial charge in [-0.3, -0.25) is 0 Å². The van der Waals surface area contributed by atoms with Crippen LogP contribution in [-0.4, -0.2) is 11.5 Å². The van der Waals surface area contributed by atoms with E-state index in [0.29, 0.717) is 5.56 Å². The van der Waals surface area contributed by atoms with Crippen molar-refractivity contribution in [3.05, 3.63) is 23.9 Å². The molecule has 18 heavy (non-hydrogen) atoms. The van der Waals surface area contributed by atoms with Gasteiger partial charge in [0.05, 0.1) is 5.56 Å². The third-order valence-electron chi connectivity index (χ3n) is 3.89. The monoisotopic (exact) mass is 243 g/mol. The van der Waals surface area contributed by atoms with E-state index in [4.69, 9.17) is 5.26 Å². The Hall–Kier alpha value is -1.56. The largest absolute Gasteiger partial charge is 0.370 e. The highest BCUT2D eigenvalue weighted by Crippen LogP contribution is 2.30. The molecule has 0 saturated heterocycles. The predicted molar refractivity (Wildman–Crippen MR) is 73.2 cm³/mol. The molecule has 3 nitrogen and oxygen atoms in total. The van der Waals surface area contributed by atoms with Gasteiger partial charge in [0, 0.05) is 12.7 Å². The highest BCUT2D eigenvalue weighted by Gasteiger charge is 2.17. The van der Waals surface area contributed by atoms with Gasteiger partial charge in [0.1, 0.15) is 11.9 Å². The summed E-state index contributed by atoms with van der Waals surface area (Å²) in [4.78, 5) is 4.21. The average molecular weight is 243 g/mol. The molecule has 0 unspecified atom stereocenters. The van der Waals surface area contributed by atoms with Crippen molar-refractivity contribution < 1.29 is 0 Å². The molecule has 1 aromatic heterocycles. The van der Waals surface area contributed by atoms with Crippen LogP contribution in [0.2, 0.25) is 0 Å². The molecule has 1 aliphatic rings. The summed E-state index contributed by atoms with van der Waals surface area (Å²) in [6, 6.07) is 5.76. The van der Waals surface area contributed by atoms with Crippen LogP contribution in [0.5, 0.6) is 0 Å². The third-order valence-corrected chi connectivity index (χ3v) is 3.89. The van der Waals surface area contributed by atoms with E-state index in [1.54, 1.807) is 12.3 Å². The number of pyridine rings is 1. The lowest BCUT2D eigenvalue weighted by molar-refractivity contribution is 0.282. The van der Waals surface area contributed by atoms with Crippen molar-refractivity contribution in [1.82, 2.24) is 4.98 Å². The lowest BCUT2D eigenvalue weighted by Crippen LogP contribution is -2.16. The van der Waals surface area contributed by atoms with E-state index in [1.165, 1.54) is 32.1 Å². The van der Waals surface area contributed by atoms with Crippen LogP contribution in [0.1, 0.15) is 44.6 Å². The number of nitrogens with zero attached hydrogens (tertiary/aromatic N) is 2. The third kappa shape index (κ3) is 3.73. The lowest BCUT2D eigenvalue weighted by atomic mass is 9.81. The standard InChI is InChI=1S/C15H21N3/c1-12-2-4-13(5-3-12)8-9-17-15-7-6-14(10-16)11-18-15/h6-7,11-13H,2-5,8-9H2,1H3,(H,17,18). The molecule has 1 aromatic rings. The molecule has 2 rings (SSSR count). The van der Waals surface area contributed by atoms with Crippen molar-refractivity contribution >= 4 is 5.82 Å². The number of aromatic nitrogens is 1. The fraction of sp³-hybridized carbons (Fsp3) is 0.600. The lowest BCUT2D eigenvalue weighted by Gasteiger charge is -2.26. The first-order valence-electron chi connectivity index (χ1n) is 6.88. The number of rotatable bonds is 4. The maximum absolute atomic E-state index is 8.69. The van der Waals surface area contributed by atoms with Crippen LogP contribution in [0, 0.1) is 23.2 Å². The van der Waals surface area contributed by atoms with Crippen LogP contribution in [0.3, 0.4) is 0 Å². The number of hydrogen-bond donors (Lipinski definition) is 1. The Kier molecular flexibility index (Phi) is 4.58. The zero-order valence-corrected chi connectivity index (χ0v) is 11.0. The topological polar surface area (TPSA) is 48.7 Å². The van der Waals surface area contributed by atoms with Gasteiger partial charge in [0.25, 0.3) is 0 Å². The second-order valence-corrected chi connectivity index (χ2v) is 5.39. The SMILES string of the molecule is CC1CCC(CCNc2ccc(C#N)cn2)CC1. The summed E-state index contributed by atoms with van der Waals surface area (Å²) in [5, 5.41) is 12.0. The van der Waals surface area contributed by atoms with Crippen molar-refractivity contribution in [2.45, 2.75) is 39.0 Å². The van der Waals surface area contributed by atoms with E-state index in [0.717, 1.165) is 24.2 Å². The number of hydrogen-bond acceptors (Lipinski definition) is 3. The van der Waals surface area contributed by atoms with Crippen molar-refractivity contribution in [3.8, 4) is 6.07 Å². The summed E-state index contributed by atoms with van der Waals surface area (Å²) in [5.74, 6) is 2.68. The predicted octanol–water partition coefficient (Wildman–Crippen LogP) is 3.58. The van der Waals surface area contributed by atoms with Crippen LogP contribution >= 0.6 is 0 Å². The average Bonchev–Trinajstić information content (AvgIpc) is 2.42. The zero-order valence-electron chi connectivity index (χ0n) is 11.0.